The van der Waals surface area contributed by atoms with Gasteiger partial charge in [0, 0.05) is 5.02 Å². The molecule has 0 unspecified atom stereocenters. The van der Waals surface area contributed by atoms with Gasteiger partial charge in [-0.2, -0.15) is 0 Å². The van der Waals surface area contributed by atoms with Gasteiger partial charge in [0.1, 0.15) is 28.3 Å². The van der Waals surface area contributed by atoms with E-state index in [0.717, 1.165) is 29.2 Å². The van der Waals surface area contributed by atoms with E-state index >= 15 is 0 Å². The fourth-order valence-electron chi connectivity index (χ4n) is 1.87. The highest BCUT2D eigenvalue weighted by molar-refractivity contribution is 6.55. The van der Waals surface area contributed by atoms with Crippen molar-refractivity contribution in [2.45, 2.75) is 13.3 Å². The van der Waals surface area contributed by atoms with Crippen LogP contribution >= 0.6 is 34.8 Å². The lowest BCUT2D eigenvalue weighted by Gasteiger charge is -2.12. The van der Waals surface area contributed by atoms with Crippen LogP contribution < -0.4 is 9.47 Å². The summed E-state index contributed by atoms with van der Waals surface area (Å²) in [6, 6.07) is 12.9. The van der Waals surface area contributed by atoms with Crippen LogP contribution in [0.1, 0.15) is 12.5 Å². The minimum Gasteiger partial charge on any atom is -0.489 e. The first-order valence-corrected chi connectivity index (χ1v) is 7.92. The van der Waals surface area contributed by atoms with Gasteiger partial charge in [-0.3, -0.25) is 0 Å². The molecule has 0 atom stereocenters. The molecule has 22 heavy (non-hydrogen) atoms. The summed E-state index contributed by atoms with van der Waals surface area (Å²) in [6.07, 6.45) is 2.42. The van der Waals surface area contributed by atoms with Gasteiger partial charge in [-0.25, -0.2) is 0 Å². The highest BCUT2D eigenvalue weighted by Crippen LogP contribution is 2.29. The topological polar surface area (TPSA) is 18.5 Å². The van der Waals surface area contributed by atoms with Crippen LogP contribution in [0.5, 0.6) is 17.2 Å². The fourth-order valence-corrected chi connectivity index (χ4v) is 2.12. The third-order valence-electron chi connectivity index (χ3n) is 2.94. The quantitative estimate of drug-likeness (QED) is 0.596. The lowest BCUT2D eigenvalue weighted by Crippen LogP contribution is -1.98. The van der Waals surface area contributed by atoms with Gasteiger partial charge in [-0.1, -0.05) is 41.7 Å². The third kappa shape index (κ3) is 5.13. The van der Waals surface area contributed by atoms with Crippen molar-refractivity contribution in [3.05, 3.63) is 63.6 Å². The molecule has 0 heterocycles. The van der Waals surface area contributed by atoms with E-state index in [0.29, 0.717) is 11.6 Å². The average molecular weight is 358 g/mol. The number of benzene rings is 2. The summed E-state index contributed by atoms with van der Waals surface area (Å²) >= 11 is 17.0. The summed E-state index contributed by atoms with van der Waals surface area (Å²) < 4.78 is 11.6. The molecule has 0 saturated heterocycles. The zero-order chi connectivity index (χ0) is 15.9. The Morgan fingerprint density at radius 2 is 1.73 bits per heavy atom. The number of rotatable bonds is 6. The molecular weight excluding hydrogens is 343 g/mol. The highest BCUT2D eigenvalue weighted by Gasteiger charge is 2.05. The van der Waals surface area contributed by atoms with Gasteiger partial charge < -0.3 is 9.47 Å². The molecule has 2 aromatic carbocycles. The van der Waals surface area contributed by atoms with E-state index in [-0.39, 0.29) is 4.49 Å². The van der Waals surface area contributed by atoms with E-state index in [2.05, 4.69) is 6.92 Å². The molecule has 0 bridgehead atoms. The summed E-state index contributed by atoms with van der Waals surface area (Å²) in [4.78, 5) is 0. The van der Waals surface area contributed by atoms with Crippen LogP contribution in [-0.4, -0.2) is 6.61 Å². The van der Waals surface area contributed by atoms with Gasteiger partial charge in [0.15, 0.2) is 0 Å². The maximum atomic E-state index is 5.86. The minimum atomic E-state index is 0.195. The van der Waals surface area contributed by atoms with Crippen molar-refractivity contribution in [1.82, 2.24) is 0 Å². The van der Waals surface area contributed by atoms with E-state index in [1.807, 2.05) is 30.3 Å². The molecule has 116 valence electrons. The second-order valence-electron chi connectivity index (χ2n) is 4.48. The molecule has 0 amide bonds. The van der Waals surface area contributed by atoms with Gasteiger partial charge in [-0.15, -0.1) is 0 Å². The summed E-state index contributed by atoms with van der Waals surface area (Å²) in [5, 5.41) is 0.677. The number of aryl methyl sites for hydroxylation is 1. The second-order valence-corrected chi connectivity index (χ2v) is 5.93. The first-order chi connectivity index (χ1) is 10.6. The van der Waals surface area contributed by atoms with Crippen LogP contribution in [0.15, 0.2) is 53.0 Å². The molecule has 5 heteroatoms. The summed E-state index contributed by atoms with van der Waals surface area (Å²) in [5.74, 6) is 2.27. The van der Waals surface area contributed by atoms with Crippen molar-refractivity contribution in [1.29, 1.82) is 0 Å². The summed E-state index contributed by atoms with van der Waals surface area (Å²) in [7, 11) is 0. The van der Waals surface area contributed by atoms with Crippen LogP contribution in [0, 0.1) is 0 Å². The zero-order valence-electron chi connectivity index (χ0n) is 12.0. The third-order valence-corrected chi connectivity index (χ3v) is 3.50. The van der Waals surface area contributed by atoms with Crippen LogP contribution in [0.4, 0.5) is 0 Å². The largest absolute Gasteiger partial charge is 0.489 e. The smallest absolute Gasteiger partial charge is 0.127 e. The van der Waals surface area contributed by atoms with Gasteiger partial charge >= 0.3 is 0 Å². The zero-order valence-corrected chi connectivity index (χ0v) is 14.3. The Hall–Kier alpha value is -1.35. The fraction of sp³-hybridized carbons (Fsp3) is 0.176. The molecule has 2 nitrogen and oxygen atoms in total. The van der Waals surface area contributed by atoms with Gasteiger partial charge in [0.05, 0.1) is 0 Å². The van der Waals surface area contributed by atoms with E-state index in [4.69, 9.17) is 44.3 Å². The molecule has 0 aromatic heterocycles. The molecule has 0 fully saturated rings. The van der Waals surface area contributed by atoms with Crippen molar-refractivity contribution >= 4 is 34.8 Å². The van der Waals surface area contributed by atoms with Gasteiger partial charge in [0.25, 0.3) is 0 Å². The Morgan fingerprint density at radius 1 is 1.05 bits per heavy atom. The Morgan fingerprint density at radius 3 is 2.36 bits per heavy atom. The lowest BCUT2D eigenvalue weighted by atomic mass is 10.1. The predicted molar refractivity (Wildman–Crippen MR) is 92.6 cm³/mol. The first-order valence-electron chi connectivity index (χ1n) is 6.78. The number of hydrogen-bond donors (Lipinski definition) is 0. The van der Waals surface area contributed by atoms with Crippen molar-refractivity contribution in [2.24, 2.45) is 0 Å². The molecule has 0 N–H and O–H groups in total. The highest BCUT2D eigenvalue weighted by atomic mass is 35.5. The van der Waals surface area contributed by atoms with Gasteiger partial charge in [0.2, 0.25) is 0 Å². The van der Waals surface area contributed by atoms with E-state index < -0.39 is 0 Å². The molecular formula is C17H15Cl3O2. The Kier molecular flexibility index (Phi) is 6.44. The molecule has 0 radical (unpaired) electrons. The molecule has 2 rings (SSSR count). The Bertz CT molecular complexity index is 647. The average Bonchev–Trinajstić information content (AvgIpc) is 2.50. The number of halogens is 3. The Labute approximate surface area is 145 Å². The van der Waals surface area contributed by atoms with Crippen LogP contribution in [0.25, 0.3) is 0 Å². The lowest BCUT2D eigenvalue weighted by molar-refractivity contribution is 0.358. The minimum absolute atomic E-state index is 0.195. The molecule has 0 aliphatic carbocycles. The monoisotopic (exact) mass is 356 g/mol. The van der Waals surface area contributed by atoms with Crippen LogP contribution in [0.2, 0.25) is 5.02 Å². The maximum absolute atomic E-state index is 5.86. The molecule has 0 saturated carbocycles. The number of hydrogen-bond acceptors (Lipinski definition) is 2. The second kappa shape index (κ2) is 8.33. The SMILES string of the molecule is CCc1cc(Oc2ccc(Cl)cc2)ccc1OCC=C(Cl)Cl. The van der Waals surface area contributed by atoms with Crippen molar-refractivity contribution < 1.29 is 9.47 Å². The molecule has 0 aliphatic heterocycles. The Balaban J connectivity index is 2.10. The normalized spacial score (nSPS) is 10.2. The van der Waals surface area contributed by atoms with E-state index in [1.54, 1.807) is 18.2 Å². The predicted octanol–water partition coefficient (Wildman–Crippen LogP) is 6.39. The standard InChI is InChI=1S/C17H15Cl3O2/c1-2-12-11-15(22-14-5-3-13(18)4-6-14)7-8-16(12)21-10-9-17(19)20/h3-9,11H,2,10H2,1H3. The first kappa shape index (κ1) is 17.0. The summed E-state index contributed by atoms with van der Waals surface area (Å²) in [5.41, 5.74) is 1.05. The van der Waals surface area contributed by atoms with E-state index in [1.165, 1.54) is 0 Å². The summed E-state index contributed by atoms with van der Waals surface area (Å²) in [6.45, 7) is 2.38. The molecule has 0 spiro atoms. The van der Waals surface area contributed by atoms with Crippen LogP contribution in [0.3, 0.4) is 0 Å². The van der Waals surface area contributed by atoms with Crippen molar-refractivity contribution in [3.8, 4) is 17.2 Å². The molecule has 2 aromatic rings. The van der Waals surface area contributed by atoms with Crippen molar-refractivity contribution in [3.63, 3.8) is 0 Å². The van der Waals surface area contributed by atoms with Crippen LogP contribution in [-0.2, 0) is 6.42 Å². The van der Waals surface area contributed by atoms with Crippen molar-refractivity contribution in [2.75, 3.05) is 6.61 Å². The van der Waals surface area contributed by atoms with E-state index in [9.17, 15) is 0 Å². The maximum Gasteiger partial charge on any atom is 0.127 e. The number of ether oxygens (including phenoxy) is 2. The van der Waals surface area contributed by atoms with Gasteiger partial charge in [-0.05, 0) is 60.5 Å². The molecule has 0 aliphatic rings.